The smallest absolute Gasteiger partial charge is 0.410 e. The Kier molecular flexibility index (Phi) is 9.63. The number of rotatable bonds is 6. The molecule has 1 saturated carbocycles. The van der Waals surface area contributed by atoms with Crippen LogP contribution >= 0.6 is 27.5 Å². The standard InChI is InChI=1S/C24H26BrClFN3O5S.C5H6N2O/c1-23(2,3)35-22(32)30-13-24(14-30,20-18(27)10-15(25)11-28-20)21(31)29-9-8-16(12-29)36(33,34)19-7-5-4-6-17(19)26;6-3-5(1-2-5)7-4-8/h4-7,10-11,16H,8-9,12-14H2,1-3H3;4H,1-2H2,(H,7,8). The van der Waals surface area contributed by atoms with E-state index in [-0.39, 0.29) is 48.2 Å². The Labute approximate surface area is 268 Å². The molecule has 3 fully saturated rings. The first-order valence-electron chi connectivity index (χ1n) is 13.8. The van der Waals surface area contributed by atoms with Gasteiger partial charge >= 0.3 is 6.09 Å². The number of hydrogen-bond acceptors (Lipinski definition) is 8. The molecule has 1 atom stereocenters. The van der Waals surface area contributed by atoms with Crippen molar-refractivity contribution in [1.29, 1.82) is 5.26 Å². The van der Waals surface area contributed by atoms with Gasteiger partial charge in [-0.2, -0.15) is 5.26 Å². The summed E-state index contributed by atoms with van der Waals surface area (Å²) in [5.74, 6) is -1.17. The van der Waals surface area contributed by atoms with Crippen LogP contribution in [0, 0.1) is 17.1 Å². The first-order chi connectivity index (χ1) is 20.6. The number of likely N-dealkylation sites (tertiary alicyclic amines) is 2. The lowest BCUT2D eigenvalue weighted by atomic mass is 9.75. The van der Waals surface area contributed by atoms with Gasteiger partial charge in [-0.25, -0.2) is 17.6 Å². The molecule has 1 N–H and O–H groups in total. The average Bonchev–Trinajstić information content (AvgIpc) is 3.51. The van der Waals surface area contributed by atoms with E-state index < -0.39 is 49.5 Å². The van der Waals surface area contributed by atoms with E-state index in [1.54, 1.807) is 32.9 Å². The third-order valence-electron chi connectivity index (χ3n) is 7.56. The average molecular weight is 713 g/mol. The molecule has 2 aromatic rings. The third kappa shape index (κ3) is 7.00. The normalized spacial score (nSPS) is 19.9. The summed E-state index contributed by atoms with van der Waals surface area (Å²) in [6.45, 7) is 5.00. The van der Waals surface area contributed by atoms with E-state index in [2.05, 4.69) is 26.2 Å². The number of hydrogen-bond donors (Lipinski definition) is 1. The highest BCUT2D eigenvalue weighted by Crippen LogP contribution is 2.40. The fraction of sp³-hybridized carbons (Fsp3) is 0.483. The first-order valence-corrected chi connectivity index (χ1v) is 16.5. The van der Waals surface area contributed by atoms with E-state index in [4.69, 9.17) is 21.6 Å². The van der Waals surface area contributed by atoms with Crippen molar-refractivity contribution in [1.82, 2.24) is 20.1 Å². The number of sulfone groups is 1. The number of carbonyl (C=O) groups is 3. The van der Waals surface area contributed by atoms with Gasteiger partial charge in [0.1, 0.15) is 22.4 Å². The van der Waals surface area contributed by atoms with Gasteiger partial charge < -0.3 is 19.9 Å². The molecule has 0 bridgehead atoms. The van der Waals surface area contributed by atoms with Crippen LogP contribution in [0.15, 0.2) is 45.9 Å². The van der Waals surface area contributed by atoms with Crippen molar-refractivity contribution < 1.29 is 31.9 Å². The summed E-state index contributed by atoms with van der Waals surface area (Å²) in [6.07, 6.45) is 3.17. The number of halogens is 3. The number of aromatic nitrogens is 1. The molecule has 11 nitrogen and oxygen atoms in total. The third-order valence-corrected chi connectivity index (χ3v) is 10.7. The summed E-state index contributed by atoms with van der Waals surface area (Å²) in [6, 6.07) is 9.40. The molecule has 1 unspecified atom stereocenters. The van der Waals surface area contributed by atoms with Gasteiger partial charge in [-0.3, -0.25) is 14.6 Å². The van der Waals surface area contributed by atoms with Crippen LogP contribution in [0.2, 0.25) is 5.02 Å². The van der Waals surface area contributed by atoms with Gasteiger partial charge in [-0.1, -0.05) is 23.7 Å². The van der Waals surface area contributed by atoms with Crippen molar-refractivity contribution >= 4 is 55.8 Å². The lowest BCUT2D eigenvalue weighted by Gasteiger charge is -2.49. The van der Waals surface area contributed by atoms with Crippen LogP contribution in [0.5, 0.6) is 0 Å². The maximum atomic E-state index is 15.0. The van der Waals surface area contributed by atoms with Crippen molar-refractivity contribution in [3.63, 3.8) is 0 Å². The Bertz CT molecular complexity index is 1600. The molecule has 3 aliphatic rings. The monoisotopic (exact) mass is 711 g/mol. The van der Waals surface area contributed by atoms with Crippen molar-refractivity contribution in [2.24, 2.45) is 0 Å². The number of pyridine rings is 1. The zero-order chi connectivity index (χ0) is 32.5. The summed E-state index contributed by atoms with van der Waals surface area (Å²) < 4.78 is 47.3. The van der Waals surface area contributed by atoms with Crippen LogP contribution < -0.4 is 5.32 Å². The van der Waals surface area contributed by atoms with E-state index in [0.29, 0.717) is 10.9 Å². The molecule has 0 spiro atoms. The molecular weight excluding hydrogens is 681 g/mol. The van der Waals surface area contributed by atoms with Crippen LogP contribution in [-0.4, -0.2) is 84.2 Å². The summed E-state index contributed by atoms with van der Waals surface area (Å²) in [7, 11) is -3.80. The molecule has 3 amide bonds. The Hall–Kier alpha value is -3.28. The van der Waals surface area contributed by atoms with Crippen LogP contribution in [-0.2, 0) is 29.6 Å². The largest absolute Gasteiger partial charge is 0.444 e. The van der Waals surface area contributed by atoms with E-state index in [0.717, 1.165) is 12.8 Å². The van der Waals surface area contributed by atoms with E-state index >= 15 is 4.39 Å². The fourth-order valence-electron chi connectivity index (χ4n) is 5.06. The predicted octanol–water partition coefficient (Wildman–Crippen LogP) is 3.99. The summed E-state index contributed by atoms with van der Waals surface area (Å²) in [5.41, 5.74) is -2.75. The molecule has 1 aromatic heterocycles. The van der Waals surface area contributed by atoms with Crippen molar-refractivity contribution in [2.75, 3.05) is 26.2 Å². The molecule has 15 heteroatoms. The number of ether oxygens (including phenoxy) is 1. The van der Waals surface area contributed by atoms with E-state index in [1.807, 2.05) is 6.07 Å². The van der Waals surface area contributed by atoms with Gasteiger partial charge in [-0.05, 0) is 74.2 Å². The molecule has 236 valence electrons. The second-order valence-corrected chi connectivity index (χ2v) is 15.5. The Morgan fingerprint density at radius 1 is 1.25 bits per heavy atom. The lowest BCUT2D eigenvalue weighted by molar-refractivity contribution is -0.143. The Morgan fingerprint density at radius 2 is 1.91 bits per heavy atom. The number of nitrogens with one attached hydrogen (secondary N) is 1. The van der Waals surface area contributed by atoms with Gasteiger partial charge in [0.25, 0.3) is 0 Å². The fourth-order valence-corrected chi connectivity index (χ4v) is 7.58. The number of amides is 3. The van der Waals surface area contributed by atoms with Crippen LogP contribution in [0.4, 0.5) is 9.18 Å². The molecular formula is C29H32BrClFN5O6S. The van der Waals surface area contributed by atoms with Gasteiger partial charge in [0.15, 0.2) is 9.84 Å². The maximum absolute atomic E-state index is 15.0. The molecule has 3 heterocycles. The van der Waals surface area contributed by atoms with Crippen LogP contribution in [0.25, 0.3) is 0 Å². The van der Waals surface area contributed by atoms with Crippen molar-refractivity contribution in [3.8, 4) is 6.07 Å². The van der Waals surface area contributed by atoms with Gasteiger partial charge in [0, 0.05) is 36.8 Å². The minimum atomic E-state index is -3.80. The summed E-state index contributed by atoms with van der Waals surface area (Å²) in [4.78, 5) is 43.1. The predicted molar refractivity (Wildman–Crippen MR) is 162 cm³/mol. The number of nitriles is 1. The molecule has 1 aliphatic carbocycles. The highest BCUT2D eigenvalue weighted by molar-refractivity contribution is 9.10. The molecule has 0 radical (unpaired) electrons. The lowest BCUT2D eigenvalue weighted by Crippen LogP contribution is -2.68. The van der Waals surface area contributed by atoms with E-state index in [9.17, 15) is 22.8 Å². The molecule has 5 rings (SSSR count). The van der Waals surface area contributed by atoms with Gasteiger partial charge in [0.05, 0.1) is 26.9 Å². The Balaban J connectivity index is 0.000000479. The van der Waals surface area contributed by atoms with Gasteiger partial charge in [0.2, 0.25) is 12.3 Å². The second kappa shape index (κ2) is 12.6. The maximum Gasteiger partial charge on any atom is 0.410 e. The van der Waals surface area contributed by atoms with Crippen LogP contribution in [0.3, 0.4) is 0 Å². The molecule has 1 aromatic carbocycles. The highest BCUT2D eigenvalue weighted by Gasteiger charge is 2.58. The summed E-state index contributed by atoms with van der Waals surface area (Å²) >= 11 is 9.30. The minimum absolute atomic E-state index is 0.0149. The van der Waals surface area contributed by atoms with Crippen molar-refractivity contribution in [2.45, 2.75) is 66.7 Å². The van der Waals surface area contributed by atoms with E-state index in [1.165, 1.54) is 34.2 Å². The topological polar surface area (TPSA) is 150 Å². The number of benzene rings is 1. The van der Waals surface area contributed by atoms with Crippen LogP contribution in [0.1, 0.15) is 45.7 Å². The SMILES string of the molecule is CC(C)(C)OC(=O)N1CC(C(=O)N2CCC(S(=O)(=O)c3ccccc3Cl)C2)(c2ncc(Br)cc2F)C1.N#CC1(NC=O)CC1. The van der Waals surface area contributed by atoms with Gasteiger partial charge in [-0.15, -0.1) is 0 Å². The minimum Gasteiger partial charge on any atom is -0.444 e. The zero-order valence-corrected chi connectivity index (χ0v) is 27.5. The Morgan fingerprint density at radius 3 is 2.43 bits per heavy atom. The quantitative estimate of drug-likeness (QED) is 0.442. The first kappa shape index (κ1) is 33.6. The van der Waals surface area contributed by atoms with Crippen molar-refractivity contribution in [3.05, 3.63) is 57.5 Å². The second-order valence-electron chi connectivity index (χ2n) is 12.0. The highest BCUT2D eigenvalue weighted by atomic mass is 79.9. The molecule has 2 saturated heterocycles. The number of carbonyl (C=O) groups excluding carboxylic acids is 3. The summed E-state index contributed by atoms with van der Waals surface area (Å²) in [5, 5.41) is 10.0. The zero-order valence-electron chi connectivity index (χ0n) is 24.3. The molecule has 2 aliphatic heterocycles. The molecule has 44 heavy (non-hydrogen) atoms. The number of nitrogens with zero attached hydrogens (tertiary/aromatic N) is 4.